The lowest BCUT2D eigenvalue weighted by Crippen LogP contribution is -2.48. The molecule has 0 spiro atoms. The summed E-state index contributed by atoms with van der Waals surface area (Å²) in [7, 11) is 1.66. The molecule has 1 saturated heterocycles. The molecule has 1 amide bonds. The minimum absolute atomic E-state index is 0.110. The number of ether oxygens (including phenoxy) is 1. The molecule has 0 radical (unpaired) electrons. The third-order valence-corrected chi connectivity index (χ3v) is 4.01. The molecule has 0 aromatic heterocycles. The number of carbonyl (C=O) groups is 1. The fourth-order valence-electron chi connectivity index (χ4n) is 2.93. The summed E-state index contributed by atoms with van der Waals surface area (Å²) in [6.07, 6.45) is 4.48. The van der Waals surface area contributed by atoms with E-state index in [1.54, 1.807) is 12.0 Å². The van der Waals surface area contributed by atoms with Gasteiger partial charge in [-0.25, -0.2) is 5.43 Å². The topological polar surface area (TPSA) is 44.8 Å². The quantitative estimate of drug-likeness (QED) is 0.866. The highest BCUT2D eigenvalue weighted by molar-refractivity contribution is 5.84. The molecule has 1 aromatic carbocycles. The monoisotopic (exact) mass is 299 g/mol. The van der Waals surface area contributed by atoms with Gasteiger partial charge in [0.2, 0.25) is 0 Å². The zero-order valence-corrected chi connectivity index (χ0v) is 13.0. The van der Waals surface area contributed by atoms with Crippen molar-refractivity contribution < 1.29 is 9.53 Å². The van der Waals surface area contributed by atoms with Gasteiger partial charge in [0.1, 0.15) is 11.8 Å². The number of carbonyl (C=O) groups excluding carboxylic acids is 1. The van der Waals surface area contributed by atoms with Gasteiger partial charge in [-0.2, -0.15) is 0 Å². The molecular weight excluding hydrogens is 278 g/mol. The van der Waals surface area contributed by atoms with E-state index >= 15 is 0 Å². The Morgan fingerprint density at radius 3 is 3.00 bits per heavy atom. The molecule has 5 nitrogen and oxygen atoms in total. The van der Waals surface area contributed by atoms with E-state index in [1.165, 1.54) is 0 Å². The van der Waals surface area contributed by atoms with Crippen LogP contribution < -0.4 is 10.2 Å². The molecule has 2 heterocycles. The maximum atomic E-state index is 12.6. The Morgan fingerprint density at radius 1 is 1.45 bits per heavy atom. The van der Waals surface area contributed by atoms with E-state index in [0.29, 0.717) is 6.54 Å². The second kappa shape index (κ2) is 5.85. The SMILES string of the molecule is C=C(C)CN1C=CN2NC(c3cccc(OC)c3)CC2C1=O. The molecule has 0 bridgehead atoms. The molecule has 1 N–H and O–H groups in total. The van der Waals surface area contributed by atoms with Crippen LogP contribution in [0.2, 0.25) is 0 Å². The van der Waals surface area contributed by atoms with Gasteiger partial charge in [0.05, 0.1) is 13.2 Å². The highest BCUT2D eigenvalue weighted by Gasteiger charge is 2.39. The van der Waals surface area contributed by atoms with Crippen molar-refractivity contribution in [3.8, 4) is 5.75 Å². The van der Waals surface area contributed by atoms with Crippen LogP contribution in [-0.4, -0.2) is 35.5 Å². The molecule has 116 valence electrons. The maximum absolute atomic E-state index is 12.6. The molecular formula is C17H21N3O2. The number of methoxy groups -OCH3 is 1. The maximum Gasteiger partial charge on any atom is 0.251 e. The largest absolute Gasteiger partial charge is 0.497 e. The number of hydrogen-bond donors (Lipinski definition) is 1. The van der Waals surface area contributed by atoms with Gasteiger partial charge < -0.3 is 14.6 Å². The number of fused-ring (bicyclic) bond motifs is 1. The van der Waals surface area contributed by atoms with E-state index < -0.39 is 0 Å². The van der Waals surface area contributed by atoms with Crippen LogP contribution in [-0.2, 0) is 4.79 Å². The second-order valence-corrected chi connectivity index (χ2v) is 5.84. The average molecular weight is 299 g/mol. The molecule has 2 unspecified atom stereocenters. The van der Waals surface area contributed by atoms with Crippen LogP contribution in [0.1, 0.15) is 24.9 Å². The van der Waals surface area contributed by atoms with Crippen LogP contribution in [0.25, 0.3) is 0 Å². The lowest BCUT2D eigenvalue weighted by Gasteiger charge is -2.31. The number of rotatable bonds is 4. The van der Waals surface area contributed by atoms with Crippen molar-refractivity contribution in [3.63, 3.8) is 0 Å². The predicted molar refractivity (Wildman–Crippen MR) is 84.8 cm³/mol. The van der Waals surface area contributed by atoms with Crippen LogP contribution in [0.15, 0.2) is 48.8 Å². The van der Waals surface area contributed by atoms with Crippen molar-refractivity contribution in [1.82, 2.24) is 15.3 Å². The van der Waals surface area contributed by atoms with E-state index in [9.17, 15) is 4.79 Å². The fourth-order valence-corrected chi connectivity index (χ4v) is 2.93. The first-order valence-corrected chi connectivity index (χ1v) is 7.40. The van der Waals surface area contributed by atoms with Gasteiger partial charge in [-0.15, -0.1) is 0 Å². The van der Waals surface area contributed by atoms with Crippen molar-refractivity contribution in [2.45, 2.75) is 25.4 Å². The normalized spacial score (nSPS) is 23.6. The predicted octanol–water partition coefficient (Wildman–Crippen LogP) is 2.20. The minimum Gasteiger partial charge on any atom is -0.497 e. The van der Waals surface area contributed by atoms with Crippen molar-refractivity contribution >= 4 is 5.91 Å². The Morgan fingerprint density at radius 2 is 2.27 bits per heavy atom. The van der Waals surface area contributed by atoms with Gasteiger partial charge in [0.15, 0.2) is 0 Å². The Hall–Kier alpha value is -2.27. The summed E-state index contributed by atoms with van der Waals surface area (Å²) in [5.41, 5.74) is 5.49. The number of amides is 1. The summed E-state index contributed by atoms with van der Waals surface area (Å²) in [5.74, 6) is 0.943. The minimum atomic E-state index is -0.166. The summed E-state index contributed by atoms with van der Waals surface area (Å²) >= 11 is 0. The zero-order chi connectivity index (χ0) is 15.7. The smallest absolute Gasteiger partial charge is 0.251 e. The summed E-state index contributed by atoms with van der Waals surface area (Å²) < 4.78 is 5.27. The van der Waals surface area contributed by atoms with E-state index in [1.807, 2.05) is 42.5 Å². The molecule has 2 aliphatic heterocycles. The number of benzene rings is 1. The van der Waals surface area contributed by atoms with Gasteiger partial charge in [-0.3, -0.25) is 4.79 Å². The molecule has 2 aliphatic rings. The lowest BCUT2D eigenvalue weighted by molar-refractivity contribution is -0.134. The van der Waals surface area contributed by atoms with E-state index in [0.717, 1.165) is 23.3 Å². The third kappa shape index (κ3) is 2.72. The molecule has 1 aromatic rings. The first kappa shape index (κ1) is 14.7. The highest BCUT2D eigenvalue weighted by atomic mass is 16.5. The summed E-state index contributed by atoms with van der Waals surface area (Å²) in [5, 5.41) is 1.90. The van der Waals surface area contributed by atoms with E-state index in [2.05, 4.69) is 18.1 Å². The van der Waals surface area contributed by atoms with Gasteiger partial charge in [-0.05, 0) is 31.0 Å². The molecule has 0 aliphatic carbocycles. The highest BCUT2D eigenvalue weighted by Crippen LogP contribution is 2.32. The Balaban J connectivity index is 1.76. The van der Waals surface area contributed by atoms with E-state index in [4.69, 9.17) is 4.74 Å². The second-order valence-electron chi connectivity index (χ2n) is 5.84. The van der Waals surface area contributed by atoms with Gasteiger partial charge in [0.25, 0.3) is 5.91 Å². The van der Waals surface area contributed by atoms with Crippen LogP contribution in [0.3, 0.4) is 0 Å². The lowest BCUT2D eigenvalue weighted by atomic mass is 10.0. The van der Waals surface area contributed by atoms with Crippen molar-refractivity contribution in [3.05, 3.63) is 54.4 Å². The first-order valence-electron chi connectivity index (χ1n) is 7.40. The third-order valence-electron chi connectivity index (χ3n) is 4.01. The number of hydrogen-bond acceptors (Lipinski definition) is 4. The van der Waals surface area contributed by atoms with Crippen LogP contribution in [0, 0.1) is 0 Å². The van der Waals surface area contributed by atoms with Gasteiger partial charge in [-0.1, -0.05) is 24.3 Å². The van der Waals surface area contributed by atoms with Crippen LogP contribution >= 0.6 is 0 Å². The van der Waals surface area contributed by atoms with Crippen molar-refractivity contribution in [1.29, 1.82) is 0 Å². The molecule has 3 rings (SSSR count). The summed E-state index contributed by atoms with van der Waals surface area (Å²) in [6.45, 7) is 6.38. The summed E-state index contributed by atoms with van der Waals surface area (Å²) in [6, 6.07) is 7.90. The Kier molecular flexibility index (Phi) is 3.90. The molecule has 5 heteroatoms. The standard InChI is InChI=1S/C17H21N3O2/c1-12(2)11-19-7-8-20-16(17(19)21)10-15(18-20)13-5-4-6-14(9-13)22-3/h4-9,15-16,18H,1,10-11H2,2-3H3. The zero-order valence-electron chi connectivity index (χ0n) is 13.0. The summed E-state index contributed by atoms with van der Waals surface area (Å²) in [4.78, 5) is 14.3. The van der Waals surface area contributed by atoms with Crippen LogP contribution in [0.4, 0.5) is 0 Å². The number of nitrogens with one attached hydrogen (secondary N) is 1. The van der Waals surface area contributed by atoms with Gasteiger partial charge in [0, 0.05) is 18.9 Å². The Labute approximate surface area is 130 Å². The molecule has 1 fully saturated rings. The van der Waals surface area contributed by atoms with E-state index in [-0.39, 0.29) is 18.0 Å². The number of nitrogens with zero attached hydrogens (tertiary/aromatic N) is 2. The first-order chi connectivity index (χ1) is 10.6. The molecule has 2 atom stereocenters. The Bertz CT molecular complexity index is 626. The molecule has 22 heavy (non-hydrogen) atoms. The van der Waals surface area contributed by atoms with Crippen molar-refractivity contribution in [2.75, 3.05) is 13.7 Å². The average Bonchev–Trinajstić information content (AvgIpc) is 2.95. The fraction of sp³-hybridized carbons (Fsp3) is 0.353. The number of hydrazine groups is 1. The van der Waals surface area contributed by atoms with Crippen LogP contribution in [0.5, 0.6) is 5.75 Å². The molecule has 0 saturated carbocycles. The van der Waals surface area contributed by atoms with Crippen molar-refractivity contribution in [2.24, 2.45) is 0 Å². The van der Waals surface area contributed by atoms with Gasteiger partial charge >= 0.3 is 0 Å².